The Morgan fingerprint density at radius 1 is 0.892 bits per heavy atom. The number of fused-ring (bicyclic) bond motifs is 1. The number of ether oxygens (including phenoxy) is 1. The van der Waals surface area contributed by atoms with Crippen LogP contribution in [0, 0.1) is 10.1 Å². The highest BCUT2D eigenvalue weighted by Gasteiger charge is 2.27. The van der Waals surface area contributed by atoms with E-state index >= 15 is 0 Å². The lowest BCUT2D eigenvalue weighted by molar-refractivity contribution is -0.384. The quantitative estimate of drug-likeness (QED) is 0.354. The van der Waals surface area contributed by atoms with Crippen LogP contribution >= 0.6 is 0 Å². The van der Waals surface area contributed by atoms with Crippen molar-refractivity contribution < 1.29 is 14.5 Å². The van der Waals surface area contributed by atoms with Crippen molar-refractivity contribution >= 4 is 23.0 Å². The molecular weight excluding hydrogens is 468 g/mol. The summed E-state index contributed by atoms with van der Waals surface area (Å²) in [4.78, 5) is 30.8. The number of hydrogen-bond acceptors (Lipinski definition) is 6. The van der Waals surface area contributed by atoms with Crippen LogP contribution in [-0.2, 0) is 13.0 Å². The van der Waals surface area contributed by atoms with Gasteiger partial charge in [-0.15, -0.1) is 0 Å². The van der Waals surface area contributed by atoms with E-state index in [-0.39, 0.29) is 22.6 Å². The highest BCUT2D eigenvalue weighted by atomic mass is 16.6. The van der Waals surface area contributed by atoms with Gasteiger partial charge in [0.25, 0.3) is 11.6 Å². The molecule has 5 rings (SSSR count). The molecule has 2 aliphatic heterocycles. The van der Waals surface area contributed by atoms with Crippen LogP contribution in [0.25, 0.3) is 0 Å². The van der Waals surface area contributed by atoms with Crippen molar-refractivity contribution in [3.8, 4) is 5.75 Å². The first kappa shape index (κ1) is 24.6. The van der Waals surface area contributed by atoms with Gasteiger partial charge in [0.1, 0.15) is 11.4 Å². The number of amides is 1. The summed E-state index contributed by atoms with van der Waals surface area (Å²) in [6, 6.07) is 21.0. The zero-order valence-electron chi connectivity index (χ0n) is 21.3. The minimum Gasteiger partial charge on any atom is -0.491 e. The molecule has 1 amide bonds. The largest absolute Gasteiger partial charge is 0.491 e. The Kier molecular flexibility index (Phi) is 6.99. The number of carbonyl (C=O) groups is 1. The van der Waals surface area contributed by atoms with Gasteiger partial charge in [-0.05, 0) is 67.8 Å². The molecule has 3 aromatic rings. The Hall–Kier alpha value is -4.07. The minimum absolute atomic E-state index is 0.00659. The monoisotopic (exact) mass is 500 g/mol. The molecule has 8 nitrogen and oxygen atoms in total. The number of benzene rings is 3. The smallest absolute Gasteiger partial charge is 0.292 e. The maximum atomic E-state index is 13.0. The van der Waals surface area contributed by atoms with Crippen molar-refractivity contribution in [2.45, 2.75) is 32.9 Å². The van der Waals surface area contributed by atoms with Gasteiger partial charge < -0.3 is 19.4 Å². The minimum atomic E-state index is -0.298. The molecule has 0 spiro atoms. The van der Waals surface area contributed by atoms with Crippen LogP contribution in [0.5, 0.6) is 5.75 Å². The summed E-state index contributed by atoms with van der Waals surface area (Å²) in [5.41, 5.74) is 4.89. The van der Waals surface area contributed by atoms with Gasteiger partial charge in [0.2, 0.25) is 0 Å². The third-order valence-corrected chi connectivity index (χ3v) is 7.03. The van der Waals surface area contributed by atoms with Crippen molar-refractivity contribution in [2.24, 2.45) is 0 Å². The van der Waals surface area contributed by atoms with Crippen LogP contribution in [0.3, 0.4) is 0 Å². The number of hydrogen-bond donors (Lipinski definition) is 0. The molecule has 2 aliphatic rings. The predicted molar refractivity (Wildman–Crippen MR) is 145 cm³/mol. The molecule has 0 radical (unpaired) electrons. The molecule has 192 valence electrons. The lowest BCUT2D eigenvalue weighted by Gasteiger charge is -2.37. The standard InChI is InChI=1S/C29H32N4O4/c1-21(2)37-26-10-7-23(8-11-26)29(34)31-17-15-30(16-18-31)25-9-12-27(33(35)36)28(19-25)32-14-13-22-5-3-4-6-24(22)20-32/h3-12,19,21H,13-18,20H2,1-2H3. The van der Waals surface area contributed by atoms with E-state index in [9.17, 15) is 14.9 Å². The van der Waals surface area contributed by atoms with Crippen LogP contribution in [0.4, 0.5) is 17.1 Å². The lowest BCUT2D eigenvalue weighted by atomic mass is 9.99. The van der Waals surface area contributed by atoms with Crippen molar-refractivity contribution in [1.82, 2.24) is 4.90 Å². The summed E-state index contributed by atoms with van der Waals surface area (Å²) >= 11 is 0. The van der Waals surface area contributed by atoms with Gasteiger partial charge in [-0.3, -0.25) is 14.9 Å². The van der Waals surface area contributed by atoms with E-state index in [4.69, 9.17) is 4.74 Å². The first-order valence-corrected chi connectivity index (χ1v) is 12.8. The molecule has 0 aromatic heterocycles. The molecule has 0 aliphatic carbocycles. The molecule has 0 N–H and O–H groups in total. The Morgan fingerprint density at radius 3 is 2.27 bits per heavy atom. The summed E-state index contributed by atoms with van der Waals surface area (Å²) in [6.07, 6.45) is 0.948. The van der Waals surface area contributed by atoms with Crippen molar-refractivity contribution in [1.29, 1.82) is 0 Å². The van der Waals surface area contributed by atoms with Gasteiger partial charge in [-0.1, -0.05) is 24.3 Å². The number of anilines is 2. The summed E-state index contributed by atoms with van der Waals surface area (Å²) in [5.74, 6) is 0.759. The summed E-state index contributed by atoms with van der Waals surface area (Å²) in [7, 11) is 0. The molecule has 37 heavy (non-hydrogen) atoms. The maximum Gasteiger partial charge on any atom is 0.292 e. The van der Waals surface area contributed by atoms with Gasteiger partial charge in [0.05, 0.1) is 11.0 Å². The molecular formula is C29H32N4O4. The number of nitro benzene ring substituents is 1. The van der Waals surface area contributed by atoms with Crippen molar-refractivity contribution in [3.05, 3.63) is 93.5 Å². The Balaban J connectivity index is 1.28. The fourth-order valence-electron chi connectivity index (χ4n) is 5.12. The third-order valence-electron chi connectivity index (χ3n) is 7.03. The van der Waals surface area contributed by atoms with Crippen LogP contribution in [0.15, 0.2) is 66.7 Å². The SMILES string of the molecule is CC(C)Oc1ccc(C(=O)N2CCN(c3ccc([N+](=O)[O-])c(N4CCc5ccccc5C4)c3)CC2)cc1. The van der Waals surface area contributed by atoms with Crippen LogP contribution < -0.4 is 14.5 Å². The van der Waals surface area contributed by atoms with Crippen LogP contribution in [0.1, 0.15) is 35.3 Å². The van der Waals surface area contributed by atoms with Gasteiger partial charge in [0.15, 0.2) is 0 Å². The topological polar surface area (TPSA) is 79.2 Å². The van der Waals surface area contributed by atoms with E-state index in [2.05, 4.69) is 21.9 Å². The van der Waals surface area contributed by atoms with E-state index < -0.39 is 0 Å². The van der Waals surface area contributed by atoms with E-state index in [1.54, 1.807) is 6.07 Å². The molecule has 1 fully saturated rings. The number of carbonyl (C=O) groups excluding carboxylic acids is 1. The molecule has 8 heteroatoms. The second-order valence-electron chi connectivity index (χ2n) is 9.84. The zero-order chi connectivity index (χ0) is 25.9. The van der Waals surface area contributed by atoms with E-state index in [0.717, 1.165) is 24.4 Å². The van der Waals surface area contributed by atoms with E-state index in [1.165, 1.54) is 11.1 Å². The second kappa shape index (κ2) is 10.5. The van der Waals surface area contributed by atoms with E-state index in [1.807, 2.05) is 67.3 Å². The summed E-state index contributed by atoms with van der Waals surface area (Å²) < 4.78 is 5.67. The summed E-state index contributed by atoms with van der Waals surface area (Å²) in [6.45, 7) is 7.85. The Bertz CT molecular complexity index is 1280. The lowest BCUT2D eigenvalue weighted by Crippen LogP contribution is -2.48. The third kappa shape index (κ3) is 5.38. The maximum absolute atomic E-state index is 13.0. The molecule has 0 atom stereocenters. The normalized spacial score (nSPS) is 15.5. The average molecular weight is 501 g/mol. The number of rotatable bonds is 6. The van der Waals surface area contributed by atoms with Gasteiger partial charge in [-0.2, -0.15) is 0 Å². The van der Waals surface area contributed by atoms with Crippen molar-refractivity contribution in [2.75, 3.05) is 42.5 Å². The second-order valence-corrected chi connectivity index (χ2v) is 9.84. The predicted octanol–water partition coefficient (Wildman–Crippen LogP) is 4.91. The zero-order valence-corrected chi connectivity index (χ0v) is 21.3. The summed E-state index contributed by atoms with van der Waals surface area (Å²) in [5, 5.41) is 11.8. The first-order valence-electron chi connectivity index (χ1n) is 12.8. The molecule has 1 saturated heterocycles. The highest BCUT2D eigenvalue weighted by molar-refractivity contribution is 5.94. The fourth-order valence-corrected chi connectivity index (χ4v) is 5.12. The Labute approximate surface area is 217 Å². The van der Waals surface area contributed by atoms with Gasteiger partial charge in [0, 0.05) is 56.6 Å². The van der Waals surface area contributed by atoms with Gasteiger partial charge >= 0.3 is 0 Å². The molecule has 0 bridgehead atoms. The number of piperazine rings is 1. The molecule has 3 aromatic carbocycles. The number of nitrogens with zero attached hydrogens (tertiary/aromatic N) is 4. The van der Waals surface area contributed by atoms with Crippen LogP contribution in [0.2, 0.25) is 0 Å². The molecule has 0 saturated carbocycles. The van der Waals surface area contributed by atoms with E-state index in [0.29, 0.717) is 44.0 Å². The first-order chi connectivity index (χ1) is 17.9. The highest BCUT2D eigenvalue weighted by Crippen LogP contribution is 2.36. The Morgan fingerprint density at radius 2 is 1.59 bits per heavy atom. The fraction of sp³-hybridized carbons (Fsp3) is 0.345. The number of nitro groups is 1. The van der Waals surface area contributed by atoms with Crippen molar-refractivity contribution in [3.63, 3.8) is 0 Å². The molecule has 2 heterocycles. The van der Waals surface area contributed by atoms with Gasteiger partial charge in [-0.25, -0.2) is 0 Å². The van der Waals surface area contributed by atoms with Crippen LogP contribution in [-0.4, -0.2) is 54.6 Å². The molecule has 0 unspecified atom stereocenters. The average Bonchev–Trinajstić information content (AvgIpc) is 2.92.